The number of benzene rings is 2. The molecule has 2 aromatic carbocycles. The van der Waals surface area contributed by atoms with Gasteiger partial charge in [-0.1, -0.05) is 48.0 Å². The van der Waals surface area contributed by atoms with Gasteiger partial charge >= 0.3 is 5.97 Å². The molecule has 0 aliphatic heterocycles. The lowest BCUT2D eigenvalue weighted by Gasteiger charge is -2.07. The third kappa shape index (κ3) is 2.04. The van der Waals surface area contributed by atoms with Crippen LogP contribution in [0.2, 0.25) is 5.02 Å². The second-order valence-electron chi connectivity index (χ2n) is 4.50. The minimum Gasteiger partial charge on any atom is -0.478 e. The van der Waals surface area contributed by atoms with E-state index in [-0.39, 0.29) is 0 Å². The molecule has 0 amide bonds. The quantitative estimate of drug-likeness (QED) is 0.902. The van der Waals surface area contributed by atoms with Crippen LogP contribution < -0.4 is 0 Å². The van der Waals surface area contributed by atoms with Crippen LogP contribution in [-0.4, -0.2) is 11.1 Å². The molecule has 1 N–H and O–H groups in total. The molecule has 2 nitrogen and oxygen atoms in total. The van der Waals surface area contributed by atoms with E-state index in [2.05, 4.69) is 0 Å². The number of carboxylic acid groups (broad SMARTS) is 1. The lowest BCUT2D eigenvalue weighted by molar-refractivity contribution is -0.132. The fourth-order valence-electron chi connectivity index (χ4n) is 2.49. The van der Waals surface area contributed by atoms with Gasteiger partial charge in [-0.3, -0.25) is 0 Å². The summed E-state index contributed by atoms with van der Waals surface area (Å²) in [6.07, 6.45) is 0.450. The maximum Gasteiger partial charge on any atom is 0.332 e. The Morgan fingerprint density at radius 3 is 2.53 bits per heavy atom. The average molecular weight is 271 g/mol. The Labute approximate surface area is 116 Å². The van der Waals surface area contributed by atoms with E-state index in [9.17, 15) is 9.90 Å². The second-order valence-corrected chi connectivity index (χ2v) is 4.94. The highest BCUT2D eigenvalue weighted by atomic mass is 35.5. The fraction of sp³-hybridized carbons (Fsp3) is 0.0625. The van der Waals surface area contributed by atoms with Gasteiger partial charge in [0, 0.05) is 17.0 Å². The van der Waals surface area contributed by atoms with E-state index in [0.29, 0.717) is 17.0 Å². The van der Waals surface area contributed by atoms with E-state index in [1.807, 2.05) is 42.5 Å². The Morgan fingerprint density at radius 2 is 1.84 bits per heavy atom. The maximum absolute atomic E-state index is 11.4. The van der Waals surface area contributed by atoms with Gasteiger partial charge in [0.25, 0.3) is 0 Å². The summed E-state index contributed by atoms with van der Waals surface area (Å²) in [6.45, 7) is 0. The Morgan fingerprint density at radius 1 is 1.11 bits per heavy atom. The number of hydrogen-bond acceptors (Lipinski definition) is 1. The maximum atomic E-state index is 11.4. The highest BCUT2D eigenvalue weighted by Gasteiger charge is 2.26. The molecule has 19 heavy (non-hydrogen) atoms. The summed E-state index contributed by atoms with van der Waals surface area (Å²) < 4.78 is 0. The van der Waals surface area contributed by atoms with Gasteiger partial charge in [0.2, 0.25) is 0 Å². The van der Waals surface area contributed by atoms with Crippen LogP contribution in [0.1, 0.15) is 16.7 Å². The van der Waals surface area contributed by atoms with Crippen molar-refractivity contribution in [1.29, 1.82) is 0 Å². The van der Waals surface area contributed by atoms with Gasteiger partial charge < -0.3 is 5.11 Å². The summed E-state index contributed by atoms with van der Waals surface area (Å²) in [5, 5.41) is 10.0. The Bertz CT molecular complexity index is 687. The molecule has 0 saturated carbocycles. The molecule has 3 heteroatoms. The number of carbonyl (C=O) groups is 1. The highest BCUT2D eigenvalue weighted by Crippen LogP contribution is 2.38. The standard InChI is InChI=1S/C16H11ClO2/c17-12-7-6-11-8-14(16(18)19)15(13(11)9-12)10-4-2-1-3-5-10/h1-7,9H,8H2,(H,18,19). The topological polar surface area (TPSA) is 37.3 Å². The van der Waals surface area contributed by atoms with Crippen molar-refractivity contribution >= 4 is 23.1 Å². The molecule has 0 fully saturated rings. The zero-order valence-electron chi connectivity index (χ0n) is 10.1. The van der Waals surface area contributed by atoms with Crippen molar-refractivity contribution < 1.29 is 9.90 Å². The van der Waals surface area contributed by atoms with Crippen LogP contribution in [0.15, 0.2) is 54.1 Å². The first kappa shape index (κ1) is 12.0. The summed E-state index contributed by atoms with van der Waals surface area (Å²) in [7, 11) is 0. The fourth-order valence-corrected chi connectivity index (χ4v) is 2.67. The van der Waals surface area contributed by atoms with Crippen LogP contribution in [-0.2, 0) is 11.2 Å². The second kappa shape index (κ2) is 4.56. The van der Waals surface area contributed by atoms with Crippen molar-refractivity contribution in [3.63, 3.8) is 0 Å². The van der Waals surface area contributed by atoms with Gasteiger partial charge in [-0.05, 0) is 34.4 Å². The molecule has 2 aromatic rings. The number of carboxylic acids is 1. The number of fused-ring (bicyclic) bond motifs is 1. The van der Waals surface area contributed by atoms with Crippen LogP contribution in [0.4, 0.5) is 0 Å². The average Bonchev–Trinajstić information content (AvgIpc) is 2.78. The molecule has 1 aliphatic rings. The van der Waals surface area contributed by atoms with Gasteiger partial charge in [-0.25, -0.2) is 4.79 Å². The predicted octanol–water partition coefficient (Wildman–Crippen LogP) is 3.78. The first-order valence-electron chi connectivity index (χ1n) is 5.97. The molecule has 94 valence electrons. The predicted molar refractivity (Wildman–Crippen MR) is 75.3 cm³/mol. The van der Waals surface area contributed by atoms with E-state index in [1.165, 1.54) is 0 Å². The monoisotopic (exact) mass is 270 g/mol. The molecule has 0 saturated heterocycles. The smallest absolute Gasteiger partial charge is 0.332 e. The summed E-state index contributed by atoms with van der Waals surface area (Å²) in [6, 6.07) is 15.1. The highest BCUT2D eigenvalue weighted by molar-refractivity contribution is 6.31. The largest absolute Gasteiger partial charge is 0.478 e. The Hall–Kier alpha value is -2.06. The molecule has 0 aromatic heterocycles. The lowest BCUT2D eigenvalue weighted by Crippen LogP contribution is -2.02. The van der Waals surface area contributed by atoms with E-state index < -0.39 is 5.97 Å². The number of rotatable bonds is 2. The third-order valence-corrected chi connectivity index (χ3v) is 3.57. The summed E-state index contributed by atoms with van der Waals surface area (Å²) in [4.78, 5) is 11.4. The van der Waals surface area contributed by atoms with Gasteiger partial charge in [-0.15, -0.1) is 0 Å². The minimum absolute atomic E-state index is 0.434. The van der Waals surface area contributed by atoms with Gasteiger partial charge in [0.1, 0.15) is 0 Å². The molecule has 0 atom stereocenters. The molecule has 1 aliphatic carbocycles. The zero-order valence-corrected chi connectivity index (χ0v) is 10.8. The Kier molecular flexibility index (Phi) is 2.88. The van der Waals surface area contributed by atoms with Crippen molar-refractivity contribution in [3.05, 3.63) is 75.8 Å². The van der Waals surface area contributed by atoms with Crippen molar-refractivity contribution in [2.45, 2.75) is 6.42 Å². The summed E-state index contributed by atoms with van der Waals surface area (Å²) in [5.74, 6) is -0.869. The van der Waals surface area contributed by atoms with Crippen molar-refractivity contribution in [1.82, 2.24) is 0 Å². The molecule has 3 rings (SSSR count). The molecule has 0 bridgehead atoms. The molecule has 0 radical (unpaired) electrons. The van der Waals surface area contributed by atoms with E-state index in [1.54, 1.807) is 6.07 Å². The lowest BCUT2D eigenvalue weighted by atomic mass is 9.97. The zero-order chi connectivity index (χ0) is 13.4. The molecular formula is C16H11ClO2. The third-order valence-electron chi connectivity index (χ3n) is 3.33. The molecule has 0 heterocycles. The summed E-state index contributed by atoms with van der Waals surface area (Å²) in [5.41, 5.74) is 4.08. The number of aliphatic carboxylic acids is 1. The van der Waals surface area contributed by atoms with Crippen LogP contribution in [0, 0.1) is 0 Å². The van der Waals surface area contributed by atoms with Crippen LogP contribution >= 0.6 is 11.6 Å². The molecular weight excluding hydrogens is 260 g/mol. The van der Waals surface area contributed by atoms with Crippen molar-refractivity contribution in [2.24, 2.45) is 0 Å². The first-order chi connectivity index (χ1) is 9.16. The summed E-state index contributed by atoms with van der Waals surface area (Å²) >= 11 is 6.03. The number of halogens is 1. The van der Waals surface area contributed by atoms with Crippen LogP contribution in [0.3, 0.4) is 0 Å². The van der Waals surface area contributed by atoms with Gasteiger partial charge in [0.05, 0.1) is 0 Å². The molecule has 0 unspecified atom stereocenters. The normalized spacial score (nSPS) is 13.5. The SMILES string of the molecule is O=C(O)C1=C(c2ccccc2)c2cc(Cl)ccc2C1. The molecule has 0 spiro atoms. The van der Waals surface area contributed by atoms with E-state index in [4.69, 9.17) is 11.6 Å². The minimum atomic E-state index is -0.869. The van der Waals surface area contributed by atoms with Gasteiger partial charge in [-0.2, -0.15) is 0 Å². The van der Waals surface area contributed by atoms with Crippen LogP contribution in [0.5, 0.6) is 0 Å². The van der Waals surface area contributed by atoms with Crippen LogP contribution in [0.25, 0.3) is 5.57 Å². The van der Waals surface area contributed by atoms with Gasteiger partial charge in [0.15, 0.2) is 0 Å². The van der Waals surface area contributed by atoms with E-state index >= 15 is 0 Å². The van der Waals surface area contributed by atoms with E-state index in [0.717, 1.165) is 22.3 Å². The van der Waals surface area contributed by atoms with Crippen molar-refractivity contribution in [2.75, 3.05) is 0 Å². The number of hydrogen-bond donors (Lipinski definition) is 1. The Balaban J connectivity index is 2.25. The first-order valence-corrected chi connectivity index (χ1v) is 6.35. The van der Waals surface area contributed by atoms with Crippen molar-refractivity contribution in [3.8, 4) is 0 Å².